The lowest BCUT2D eigenvalue weighted by atomic mass is 10.2. The van der Waals surface area contributed by atoms with Crippen molar-refractivity contribution in [3.8, 4) is 11.5 Å². The maximum absolute atomic E-state index is 12.8. The van der Waals surface area contributed by atoms with E-state index in [-0.39, 0.29) is 12.5 Å². The normalized spacial score (nSPS) is 17.2. The van der Waals surface area contributed by atoms with E-state index in [0.717, 1.165) is 52.3 Å². The molecule has 2 aliphatic rings. The van der Waals surface area contributed by atoms with Gasteiger partial charge in [-0.2, -0.15) is 4.31 Å². The third-order valence-corrected chi connectivity index (χ3v) is 9.84. The fourth-order valence-electron chi connectivity index (χ4n) is 3.91. The predicted molar refractivity (Wildman–Crippen MR) is 128 cm³/mol. The third kappa shape index (κ3) is 5.04. The van der Waals surface area contributed by atoms with Crippen LogP contribution in [0.4, 0.5) is 0 Å². The summed E-state index contributed by atoms with van der Waals surface area (Å²) in [5.74, 6) is 2.51. The van der Waals surface area contributed by atoms with Gasteiger partial charge in [0.1, 0.15) is 0 Å². The Morgan fingerprint density at radius 1 is 1.03 bits per heavy atom. The second kappa shape index (κ2) is 9.56. The molecule has 0 amide bonds. The molecule has 1 aromatic heterocycles. The molecule has 1 saturated heterocycles. The van der Waals surface area contributed by atoms with Gasteiger partial charge in [0.05, 0.1) is 16.0 Å². The van der Waals surface area contributed by atoms with Gasteiger partial charge in [0.2, 0.25) is 16.8 Å². The molecule has 7 nitrogen and oxygen atoms in total. The van der Waals surface area contributed by atoms with Crippen LogP contribution in [0.1, 0.15) is 12.0 Å². The Bertz CT molecular complexity index is 1160. The highest BCUT2D eigenvalue weighted by Crippen LogP contribution is 2.33. The number of nitrogens with zero attached hydrogens (tertiary/aromatic N) is 3. The first-order valence-electron chi connectivity index (χ1n) is 10.6. The molecular formula is C22H25N3O4S3. The van der Waals surface area contributed by atoms with Crippen LogP contribution in [0, 0.1) is 0 Å². The molecule has 0 unspecified atom stereocenters. The van der Waals surface area contributed by atoms with E-state index in [2.05, 4.69) is 16.0 Å². The Hall–Kier alpha value is -1.85. The van der Waals surface area contributed by atoms with E-state index < -0.39 is 10.0 Å². The van der Waals surface area contributed by atoms with Gasteiger partial charge in [0, 0.05) is 38.5 Å². The Balaban J connectivity index is 1.06. The minimum atomic E-state index is -3.23. The minimum Gasteiger partial charge on any atom is -0.454 e. The number of thiazole rings is 1. The number of ether oxygens (including phenoxy) is 2. The van der Waals surface area contributed by atoms with Crippen LogP contribution >= 0.6 is 23.1 Å². The number of hydrogen-bond acceptors (Lipinski definition) is 8. The monoisotopic (exact) mass is 491 g/mol. The van der Waals surface area contributed by atoms with E-state index in [0.29, 0.717) is 19.5 Å². The van der Waals surface area contributed by atoms with E-state index in [1.54, 1.807) is 27.4 Å². The van der Waals surface area contributed by atoms with Crippen LogP contribution in [-0.4, -0.2) is 67.1 Å². The molecule has 0 spiro atoms. The van der Waals surface area contributed by atoms with Crippen molar-refractivity contribution in [2.24, 2.45) is 0 Å². The van der Waals surface area contributed by atoms with Crippen molar-refractivity contribution in [2.45, 2.75) is 17.3 Å². The highest BCUT2D eigenvalue weighted by atomic mass is 32.2. The van der Waals surface area contributed by atoms with Gasteiger partial charge in [-0.25, -0.2) is 13.4 Å². The van der Waals surface area contributed by atoms with Crippen molar-refractivity contribution in [3.63, 3.8) is 0 Å². The van der Waals surface area contributed by atoms with E-state index in [1.165, 1.54) is 4.70 Å². The molecule has 3 aromatic rings. The topological polar surface area (TPSA) is 72.0 Å². The number of benzene rings is 2. The number of rotatable bonds is 8. The van der Waals surface area contributed by atoms with Gasteiger partial charge in [-0.15, -0.1) is 11.3 Å². The van der Waals surface area contributed by atoms with E-state index in [9.17, 15) is 8.42 Å². The van der Waals surface area contributed by atoms with Crippen molar-refractivity contribution >= 4 is 43.3 Å². The first-order chi connectivity index (χ1) is 15.6. The number of para-hydroxylation sites is 1. The lowest BCUT2D eigenvalue weighted by Crippen LogP contribution is -2.48. The number of fused-ring (bicyclic) bond motifs is 2. The van der Waals surface area contributed by atoms with E-state index in [1.807, 2.05) is 36.4 Å². The van der Waals surface area contributed by atoms with Gasteiger partial charge in [-0.1, -0.05) is 30.0 Å². The lowest BCUT2D eigenvalue weighted by Gasteiger charge is -2.34. The van der Waals surface area contributed by atoms with Crippen molar-refractivity contribution < 1.29 is 17.9 Å². The quantitative estimate of drug-likeness (QED) is 0.352. The summed E-state index contributed by atoms with van der Waals surface area (Å²) >= 11 is 3.30. The first-order valence-corrected chi connectivity index (χ1v) is 14.0. The summed E-state index contributed by atoms with van der Waals surface area (Å²) < 4.78 is 40.2. The maximum Gasteiger partial charge on any atom is 0.231 e. The lowest BCUT2D eigenvalue weighted by molar-refractivity contribution is 0.173. The summed E-state index contributed by atoms with van der Waals surface area (Å²) in [4.78, 5) is 6.88. The average Bonchev–Trinajstić information content (AvgIpc) is 3.43. The van der Waals surface area contributed by atoms with Gasteiger partial charge < -0.3 is 9.47 Å². The summed E-state index contributed by atoms with van der Waals surface area (Å²) in [5, 5.41) is 0. The molecule has 3 heterocycles. The highest BCUT2D eigenvalue weighted by Gasteiger charge is 2.27. The smallest absolute Gasteiger partial charge is 0.231 e. The summed E-state index contributed by atoms with van der Waals surface area (Å²) in [6, 6.07) is 14.0. The fourth-order valence-corrected chi connectivity index (χ4v) is 7.65. The van der Waals surface area contributed by atoms with Crippen molar-refractivity contribution in [1.82, 2.24) is 14.2 Å². The van der Waals surface area contributed by atoms with Crippen molar-refractivity contribution in [3.05, 3.63) is 48.0 Å². The Labute approximate surface area is 196 Å². The zero-order chi connectivity index (χ0) is 22.0. The molecule has 0 aliphatic carbocycles. The van der Waals surface area contributed by atoms with E-state index in [4.69, 9.17) is 9.47 Å². The molecule has 0 atom stereocenters. The predicted octanol–water partition coefficient (Wildman–Crippen LogP) is 3.65. The molecule has 2 aromatic carbocycles. The zero-order valence-corrected chi connectivity index (χ0v) is 20.1. The summed E-state index contributed by atoms with van der Waals surface area (Å²) in [5.41, 5.74) is 2.16. The summed E-state index contributed by atoms with van der Waals surface area (Å²) in [6.07, 6.45) is 0.625. The largest absolute Gasteiger partial charge is 0.454 e. The first kappa shape index (κ1) is 22.0. The second-order valence-electron chi connectivity index (χ2n) is 7.83. The van der Waals surface area contributed by atoms with Crippen LogP contribution in [0.25, 0.3) is 10.2 Å². The summed E-state index contributed by atoms with van der Waals surface area (Å²) in [6.45, 7) is 3.59. The zero-order valence-electron chi connectivity index (χ0n) is 17.6. The minimum absolute atomic E-state index is 0.188. The van der Waals surface area contributed by atoms with Crippen LogP contribution in [0.2, 0.25) is 0 Å². The Morgan fingerprint density at radius 2 is 1.84 bits per heavy atom. The standard InChI is InChI=1S/C22H25N3O4S3/c26-32(27,13-3-12-30-22-23-18-4-1-2-5-21(18)31-22)25-10-8-24(9-11-25)15-17-6-7-19-20(14-17)29-16-28-19/h1-2,4-7,14H,3,8-13,15-16H2. The fraction of sp³-hybridized carbons (Fsp3) is 0.409. The summed E-state index contributed by atoms with van der Waals surface area (Å²) in [7, 11) is -3.23. The van der Waals surface area contributed by atoms with E-state index >= 15 is 0 Å². The van der Waals surface area contributed by atoms with Crippen LogP contribution in [0.5, 0.6) is 11.5 Å². The molecule has 0 radical (unpaired) electrons. The van der Waals surface area contributed by atoms with Crippen molar-refractivity contribution in [1.29, 1.82) is 0 Å². The van der Waals surface area contributed by atoms with Crippen LogP contribution in [-0.2, 0) is 16.6 Å². The molecule has 2 aliphatic heterocycles. The highest BCUT2D eigenvalue weighted by molar-refractivity contribution is 8.01. The second-order valence-corrected chi connectivity index (χ2v) is 12.3. The molecule has 5 rings (SSSR count). The average molecular weight is 492 g/mol. The van der Waals surface area contributed by atoms with Gasteiger partial charge >= 0.3 is 0 Å². The molecule has 0 saturated carbocycles. The van der Waals surface area contributed by atoms with Gasteiger partial charge in [-0.3, -0.25) is 4.90 Å². The van der Waals surface area contributed by atoms with Gasteiger partial charge in [0.25, 0.3) is 0 Å². The molecule has 0 bridgehead atoms. The van der Waals surface area contributed by atoms with Crippen LogP contribution in [0.15, 0.2) is 46.8 Å². The number of hydrogen-bond donors (Lipinski definition) is 0. The number of aromatic nitrogens is 1. The Morgan fingerprint density at radius 3 is 2.69 bits per heavy atom. The molecule has 170 valence electrons. The molecule has 10 heteroatoms. The molecule has 0 N–H and O–H groups in total. The third-order valence-electron chi connectivity index (χ3n) is 5.61. The molecular weight excluding hydrogens is 466 g/mol. The van der Waals surface area contributed by atoms with Gasteiger partial charge in [-0.05, 0) is 36.2 Å². The molecule has 1 fully saturated rings. The number of piperazine rings is 1. The Kier molecular flexibility index (Phi) is 6.56. The number of sulfonamides is 1. The maximum atomic E-state index is 12.8. The van der Waals surface area contributed by atoms with Gasteiger partial charge in [0.15, 0.2) is 15.8 Å². The number of thioether (sulfide) groups is 1. The van der Waals surface area contributed by atoms with Crippen molar-refractivity contribution in [2.75, 3.05) is 44.5 Å². The van der Waals surface area contributed by atoms with Crippen LogP contribution < -0.4 is 9.47 Å². The SMILES string of the molecule is O=S(=O)(CCCSc1nc2ccccc2s1)N1CCN(Cc2ccc3c(c2)OCO3)CC1. The molecule has 32 heavy (non-hydrogen) atoms. The van der Waals surface area contributed by atoms with Crippen LogP contribution in [0.3, 0.4) is 0 Å².